The first-order valence-corrected chi connectivity index (χ1v) is 17.9. The van der Waals surface area contributed by atoms with Crippen molar-refractivity contribution in [3.8, 4) is 22.8 Å². The number of imidazole rings is 1. The number of anilines is 1. The Balaban J connectivity index is 0.000000358. The van der Waals surface area contributed by atoms with Gasteiger partial charge in [-0.3, -0.25) is 4.99 Å². The minimum Gasteiger partial charge on any atom is -0.457 e. The van der Waals surface area contributed by atoms with E-state index in [1.54, 1.807) is 21.5 Å². The molecule has 2 aliphatic rings. The van der Waals surface area contributed by atoms with Gasteiger partial charge in [0.1, 0.15) is 46.3 Å². The summed E-state index contributed by atoms with van der Waals surface area (Å²) in [5.74, 6) is 2.05. The van der Waals surface area contributed by atoms with Crippen molar-refractivity contribution in [1.29, 1.82) is 0 Å². The van der Waals surface area contributed by atoms with E-state index in [2.05, 4.69) is 33.7 Å². The predicted octanol–water partition coefficient (Wildman–Crippen LogP) is 9.06. The molecule has 0 radical (unpaired) electrons. The van der Waals surface area contributed by atoms with Gasteiger partial charge in [-0.25, -0.2) is 23.7 Å². The van der Waals surface area contributed by atoms with Gasteiger partial charge in [0.2, 0.25) is 0 Å². The van der Waals surface area contributed by atoms with E-state index < -0.39 is 5.82 Å². The molecule has 0 atom stereocenters. The first-order valence-electron chi connectivity index (χ1n) is 17.9. The van der Waals surface area contributed by atoms with Crippen LogP contribution in [-0.4, -0.2) is 69.1 Å². The molecule has 2 fully saturated rings. The van der Waals surface area contributed by atoms with Crippen molar-refractivity contribution in [1.82, 2.24) is 29.8 Å². The van der Waals surface area contributed by atoms with Crippen LogP contribution < -0.4 is 15.8 Å². The molecule has 278 valence electrons. The molecular formula is C39H57FN8O3. The van der Waals surface area contributed by atoms with Crippen molar-refractivity contribution in [2.75, 3.05) is 31.9 Å². The lowest BCUT2D eigenvalue weighted by molar-refractivity contribution is 0.0229. The number of aliphatic imine (C=N–C) groups is 1. The Kier molecular flexibility index (Phi) is 18.3. The summed E-state index contributed by atoms with van der Waals surface area (Å²) >= 11 is 0. The van der Waals surface area contributed by atoms with Crippen molar-refractivity contribution in [2.45, 2.75) is 92.1 Å². The smallest absolute Gasteiger partial charge is 0.410 e. The Hall–Kier alpha value is -4.84. The van der Waals surface area contributed by atoms with Crippen molar-refractivity contribution in [3.05, 3.63) is 79.3 Å². The fraction of sp³-hybridized carbons (Fsp3) is 0.462. The fourth-order valence-corrected chi connectivity index (χ4v) is 5.34. The van der Waals surface area contributed by atoms with Crippen molar-refractivity contribution < 1.29 is 18.7 Å². The maximum absolute atomic E-state index is 15.1. The molecule has 11 nitrogen and oxygen atoms in total. The van der Waals surface area contributed by atoms with Crippen molar-refractivity contribution in [3.63, 3.8) is 0 Å². The lowest BCUT2D eigenvalue weighted by atomic mass is 9.89. The van der Waals surface area contributed by atoms with E-state index in [0.29, 0.717) is 34.1 Å². The number of aromatic nitrogens is 4. The van der Waals surface area contributed by atoms with Crippen molar-refractivity contribution in [2.24, 2.45) is 4.99 Å². The highest BCUT2D eigenvalue weighted by Crippen LogP contribution is 2.37. The number of piperazine rings is 1. The summed E-state index contributed by atoms with van der Waals surface area (Å²) in [5, 5.41) is 7.57. The van der Waals surface area contributed by atoms with Crippen LogP contribution in [0.5, 0.6) is 11.5 Å². The van der Waals surface area contributed by atoms with E-state index in [1.807, 2.05) is 78.8 Å². The van der Waals surface area contributed by atoms with Crippen LogP contribution in [-0.2, 0) is 4.74 Å². The standard InChI is InChI=1S/C23H22FN5O.C9H18N2O2.C3H5N.2C2H6/c24-19-13-17(30-16-9-5-2-6-10-16)11-12-18(19)20-21-22(25)26-14-27-29(21)23(28-20)15-7-3-1-4-8-15;1-9(2,3)13-8(12)11-6-4-10-5-7-11;1-3-4-2;2*1-2/h2,5-6,9-15H,1,3-4,7-8H2,(H2,25,26,27);10H,4-7H2,1-3H3;3H,1-2H2;2*1-2H3. The summed E-state index contributed by atoms with van der Waals surface area (Å²) in [6, 6.07) is 14.1. The second-order valence-electron chi connectivity index (χ2n) is 12.2. The number of ether oxygens (including phenoxy) is 2. The topological polar surface area (TPSA) is 132 Å². The highest BCUT2D eigenvalue weighted by atomic mass is 19.1. The number of para-hydroxylation sites is 1. The molecule has 3 heterocycles. The number of benzene rings is 2. The van der Waals surface area contributed by atoms with Crippen LogP contribution in [0.1, 0.15) is 92.3 Å². The molecule has 2 aromatic carbocycles. The Bertz CT molecular complexity index is 1620. The largest absolute Gasteiger partial charge is 0.457 e. The molecule has 1 saturated heterocycles. The van der Waals surface area contributed by atoms with Crippen LogP contribution in [0.15, 0.2) is 72.6 Å². The van der Waals surface area contributed by atoms with Crippen LogP contribution in [0.4, 0.5) is 15.0 Å². The third kappa shape index (κ3) is 13.1. The van der Waals surface area contributed by atoms with Gasteiger partial charge in [-0.15, -0.1) is 0 Å². The average molecular weight is 705 g/mol. The average Bonchev–Trinajstić information content (AvgIpc) is 3.55. The number of hydrogen-bond donors (Lipinski definition) is 2. The van der Waals surface area contributed by atoms with Crippen LogP contribution in [0.2, 0.25) is 0 Å². The SMILES string of the molecule is C=CN=C.CC.CC.CC(C)(C)OC(=O)N1CCNCC1.Nc1ncnn2c(C3CCCCC3)nc(-c3ccc(Oc4ccccc4)cc3F)c12. The highest BCUT2D eigenvalue weighted by molar-refractivity contribution is 5.85. The van der Waals surface area contributed by atoms with Crippen LogP contribution in [0, 0.1) is 5.82 Å². The number of halogens is 1. The molecule has 1 saturated carbocycles. The van der Waals surface area contributed by atoms with Crippen LogP contribution >= 0.6 is 0 Å². The molecule has 4 aromatic rings. The van der Waals surface area contributed by atoms with Gasteiger partial charge >= 0.3 is 6.09 Å². The summed E-state index contributed by atoms with van der Waals surface area (Å²) in [5.41, 5.74) is 7.15. The molecule has 51 heavy (non-hydrogen) atoms. The Morgan fingerprint density at radius 3 is 2.22 bits per heavy atom. The summed E-state index contributed by atoms with van der Waals surface area (Å²) in [7, 11) is 0. The molecule has 12 heteroatoms. The lowest BCUT2D eigenvalue weighted by Crippen LogP contribution is -2.48. The van der Waals surface area contributed by atoms with E-state index in [4.69, 9.17) is 20.2 Å². The number of nitrogens with zero attached hydrogens (tertiary/aromatic N) is 6. The number of carbonyl (C=O) groups excluding carboxylic acids is 1. The van der Waals surface area contributed by atoms with Gasteiger partial charge in [-0.05, 0) is 64.6 Å². The van der Waals surface area contributed by atoms with Gasteiger partial charge in [-0.2, -0.15) is 5.10 Å². The molecule has 0 unspecified atom stereocenters. The Morgan fingerprint density at radius 1 is 1.02 bits per heavy atom. The van der Waals surface area contributed by atoms with Crippen LogP contribution in [0.25, 0.3) is 16.8 Å². The molecule has 1 aliphatic carbocycles. The van der Waals surface area contributed by atoms with Gasteiger partial charge in [0, 0.05) is 49.9 Å². The number of nitrogens with one attached hydrogen (secondary N) is 1. The minimum absolute atomic E-state index is 0.200. The molecule has 0 spiro atoms. The zero-order valence-corrected chi connectivity index (χ0v) is 31.5. The van der Waals surface area contributed by atoms with Gasteiger partial charge in [0.05, 0.1) is 0 Å². The van der Waals surface area contributed by atoms with E-state index in [-0.39, 0.29) is 17.6 Å². The number of nitrogen functional groups attached to an aromatic ring is 1. The fourth-order valence-electron chi connectivity index (χ4n) is 5.34. The second kappa shape index (κ2) is 22.1. The van der Waals surface area contributed by atoms with Gasteiger partial charge in [-0.1, -0.05) is 71.7 Å². The molecule has 1 amide bonds. The molecule has 6 rings (SSSR count). The predicted molar refractivity (Wildman–Crippen MR) is 206 cm³/mol. The summed E-state index contributed by atoms with van der Waals surface area (Å²) < 4.78 is 27.9. The van der Waals surface area contributed by atoms with Crippen LogP contribution in [0.3, 0.4) is 0 Å². The molecule has 2 aromatic heterocycles. The van der Waals surface area contributed by atoms with Crippen molar-refractivity contribution >= 4 is 24.1 Å². The second-order valence-corrected chi connectivity index (χ2v) is 12.2. The number of carbonyl (C=O) groups is 1. The van der Waals surface area contributed by atoms with E-state index in [0.717, 1.165) is 57.7 Å². The summed E-state index contributed by atoms with van der Waals surface area (Å²) in [6.07, 6.45) is 8.28. The minimum atomic E-state index is -0.429. The normalized spacial score (nSPS) is 14.1. The van der Waals surface area contributed by atoms with E-state index >= 15 is 4.39 Å². The van der Waals surface area contributed by atoms with Gasteiger partial charge in [0.25, 0.3) is 0 Å². The third-order valence-corrected chi connectivity index (χ3v) is 7.53. The Morgan fingerprint density at radius 2 is 1.65 bits per heavy atom. The zero-order chi connectivity index (χ0) is 37.8. The number of rotatable bonds is 5. The number of amides is 1. The van der Waals surface area contributed by atoms with Gasteiger partial charge < -0.3 is 25.4 Å². The third-order valence-electron chi connectivity index (χ3n) is 7.53. The lowest BCUT2D eigenvalue weighted by Gasteiger charge is -2.30. The number of nitrogens with two attached hydrogens (primary N) is 1. The molecule has 1 aliphatic heterocycles. The quantitative estimate of drug-likeness (QED) is 0.197. The van der Waals surface area contributed by atoms with E-state index in [1.165, 1.54) is 25.0 Å². The highest BCUT2D eigenvalue weighted by Gasteiger charge is 2.26. The Labute approximate surface area is 303 Å². The molecule has 0 bridgehead atoms. The van der Waals surface area contributed by atoms with Gasteiger partial charge in [0.15, 0.2) is 5.82 Å². The summed E-state index contributed by atoms with van der Waals surface area (Å²) in [6.45, 7) is 23.2. The maximum atomic E-state index is 15.1. The zero-order valence-electron chi connectivity index (χ0n) is 31.5. The summed E-state index contributed by atoms with van der Waals surface area (Å²) in [4.78, 5) is 25.4. The number of fused-ring (bicyclic) bond motifs is 1. The first kappa shape index (κ1) is 42.3. The monoisotopic (exact) mass is 704 g/mol. The molecular weight excluding hydrogens is 647 g/mol. The maximum Gasteiger partial charge on any atom is 0.410 e. The van der Waals surface area contributed by atoms with E-state index in [9.17, 15) is 4.79 Å². The molecule has 3 N–H and O–H groups in total. The number of hydrogen-bond acceptors (Lipinski definition) is 9. The first-order chi connectivity index (χ1) is 24.6.